The largest absolute Gasteiger partial charge is 0.294 e. The van der Waals surface area contributed by atoms with E-state index < -0.39 is 0 Å². The monoisotopic (exact) mass is 285 g/mol. The Morgan fingerprint density at radius 2 is 2.47 bits per heavy atom. The van der Waals surface area contributed by atoms with E-state index in [-0.39, 0.29) is 5.78 Å². The summed E-state index contributed by atoms with van der Waals surface area (Å²) >= 11 is 4.83. The lowest BCUT2D eigenvalue weighted by molar-refractivity contribution is 0.0992. The molecule has 0 spiro atoms. The van der Waals surface area contributed by atoms with Crippen LogP contribution in [0.3, 0.4) is 0 Å². The van der Waals surface area contributed by atoms with Crippen molar-refractivity contribution < 1.29 is 4.79 Å². The zero-order chi connectivity index (χ0) is 10.8. The molecule has 0 aromatic carbocycles. The van der Waals surface area contributed by atoms with Crippen molar-refractivity contribution in [1.82, 2.24) is 15.0 Å². The molecular formula is C9H8BrN3OS. The Labute approximate surface area is 99.0 Å². The van der Waals surface area contributed by atoms with Gasteiger partial charge in [0.15, 0.2) is 5.78 Å². The second-order valence-corrected chi connectivity index (χ2v) is 5.36. The average molecular weight is 286 g/mol. The van der Waals surface area contributed by atoms with Crippen molar-refractivity contribution in [3.05, 3.63) is 32.7 Å². The summed E-state index contributed by atoms with van der Waals surface area (Å²) in [4.78, 5) is 13.2. The first-order valence-corrected chi connectivity index (χ1v) is 5.95. The van der Waals surface area contributed by atoms with Crippen molar-refractivity contribution >= 4 is 33.0 Å². The van der Waals surface area contributed by atoms with Crippen LogP contribution >= 0.6 is 27.3 Å². The third kappa shape index (κ3) is 2.51. The van der Waals surface area contributed by atoms with E-state index in [0.717, 1.165) is 9.35 Å². The van der Waals surface area contributed by atoms with Crippen LogP contribution in [0, 0.1) is 0 Å². The van der Waals surface area contributed by atoms with Crippen molar-refractivity contribution in [3.8, 4) is 0 Å². The maximum atomic E-state index is 11.7. The second-order valence-electron chi connectivity index (χ2n) is 3.06. The Hall–Kier alpha value is -1.01. The first-order valence-electron chi connectivity index (χ1n) is 4.27. The van der Waals surface area contributed by atoms with Crippen LogP contribution in [0.5, 0.6) is 0 Å². The highest BCUT2D eigenvalue weighted by Crippen LogP contribution is 2.21. The van der Waals surface area contributed by atoms with E-state index in [1.165, 1.54) is 16.1 Å². The van der Waals surface area contributed by atoms with E-state index in [9.17, 15) is 4.79 Å². The molecule has 6 heteroatoms. The van der Waals surface area contributed by atoms with Gasteiger partial charge in [-0.2, -0.15) is 15.0 Å². The molecule has 0 aliphatic carbocycles. The van der Waals surface area contributed by atoms with Gasteiger partial charge in [0, 0.05) is 18.0 Å². The molecule has 0 unspecified atom stereocenters. The van der Waals surface area contributed by atoms with Crippen LogP contribution in [0.1, 0.15) is 16.1 Å². The molecule has 0 saturated heterocycles. The minimum absolute atomic E-state index is 0.0671. The molecule has 4 nitrogen and oxygen atoms in total. The van der Waals surface area contributed by atoms with Gasteiger partial charge in [-0.15, -0.1) is 11.3 Å². The fraction of sp³-hybridized carbons (Fsp3) is 0.222. The molecule has 2 aromatic rings. The van der Waals surface area contributed by atoms with Gasteiger partial charge in [0.1, 0.15) is 0 Å². The molecule has 15 heavy (non-hydrogen) atoms. The maximum absolute atomic E-state index is 11.7. The third-order valence-corrected chi connectivity index (χ3v) is 3.38. The molecule has 0 aliphatic rings. The Morgan fingerprint density at radius 1 is 1.67 bits per heavy atom. The minimum Gasteiger partial charge on any atom is -0.294 e. The molecule has 0 N–H and O–H groups in total. The number of ketones is 1. The van der Waals surface area contributed by atoms with Crippen LogP contribution in [-0.2, 0) is 13.5 Å². The van der Waals surface area contributed by atoms with Gasteiger partial charge in [0.2, 0.25) is 0 Å². The maximum Gasteiger partial charge on any atom is 0.169 e. The van der Waals surface area contributed by atoms with E-state index in [2.05, 4.69) is 26.1 Å². The van der Waals surface area contributed by atoms with E-state index in [0.29, 0.717) is 12.1 Å². The Bertz CT molecular complexity index is 491. The van der Waals surface area contributed by atoms with Crippen molar-refractivity contribution in [2.24, 2.45) is 7.05 Å². The Morgan fingerprint density at radius 3 is 3.00 bits per heavy atom. The summed E-state index contributed by atoms with van der Waals surface area (Å²) in [7, 11) is 1.73. The predicted octanol–water partition coefficient (Wildman–Crippen LogP) is 2.06. The van der Waals surface area contributed by atoms with Crippen molar-refractivity contribution in [2.45, 2.75) is 6.42 Å². The molecular weight excluding hydrogens is 278 g/mol. The lowest BCUT2D eigenvalue weighted by Crippen LogP contribution is -2.03. The number of Topliss-reactive ketones (excluding diaryl/α,β-unsaturated/α-hetero) is 1. The van der Waals surface area contributed by atoms with E-state index >= 15 is 0 Å². The highest BCUT2D eigenvalue weighted by atomic mass is 79.9. The second kappa shape index (κ2) is 4.24. The van der Waals surface area contributed by atoms with Gasteiger partial charge < -0.3 is 0 Å². The standard InChI is InChI=1S/C9H8BrN3OS/c1-13-11-4-7(12-13)3-8(14)6-2-9(10)15-5-6/h2,4-5H,3H2,1H3. The number of thiophene rings is 1. The number of rotatable bonds is 3. The van der Waals surface area contributed by atoms with Crippen molar-refractivity contribution in [1.29, 1.82) is 0 Å². The van der Waals surface area contributed by atoms with Gasteiger partial charge in [-0.1, -0.05) is 0 Å². The zero-order valence-corrected chi connectivity index (χ0v) is 10.4. The van der Waals surface area contributed by atoms with Gasteiger partial charge in [-0.25, -0.2) is 0 Å². The topological polar surface area (TPSA) is 47.8 Å². The van der Waals surface area contributed by atoms with Gasteiger partial charge in [-0.3, -0.25) is 4.79 Å². The molecule has 0 bridgehead atoms. The van der Waals surface area contributed by atoms with E-state index in [1.807, 2.05) is 11.4 Å². The summed E-state index contributed by atoms with van der Waals surface area (Å²) in [6.07, 6.45) is 1.91. The molecule has 2 rings (SSSR count). The molecule has 0 amide bonds. The van der Waals surface area contributed by atoms with Crippen LogP contribution < -0.4 is 0 Å². The smallest absolute Gasteiger partial charge is 0.169 e. The van der Waals surface area contributed by atoms with Crippen LogP contribution in [0.4, 0.5) is 0 Å². The average Bonchev–Trinajstić information content (AvgIpc) is 2.75. The fourth-order valence-electron chi connectivity index (χ4n) is 1.19. The molecule has 0 aliphatic heterocycles. The molecule has 0 fully saturated rings. The van der Waals surface area contributed by atoms with Crippen LogP contribution in [0.2, 0.25) is 0 Å². The quantitative estimate of drug-likeness (QED) is 0.811. The van der Waals surface area contributed by atoms with Crippen molar-refractivity contribution in [2.75, 3.05) is 0 Å². The lowest BCUT2D eigenvalue weighted by atomic mass is 10.1. The summed E-state index contributed by atoms with van der Waals surface area (Å²) in [6, 6.07) is 1.82. The number of carbonyl (C=O) groups excluding carboxylic acids is 1. The number of nitrogens with zero attached hydrogens (tertiary/aromatic N) is 3. The molecule has 2 heterocycles. The SMILES string of the molecule is Cn1ncc(CC(=O)c2csc(Br)c2)n1. The van der Waals surface area contributed by atoms with Gasteiger partial charge in [-0.05, 0) is 22.0 Å². The minimum atomic E-state index is 0.0671. The highest BCUT2D eigenvalue weighted by Gasteiger charge is 2.10. The summed E-state index contributed by atoms with van der Waals surface area (Å²) in [5.74, 6) is 0.0671. The predicted molar refractivity (Wildman–Crippen MR) is 61.1 cm³/mol. The van der Waals surface area contributed by atoms with Crippen LogP contribution in [0.15, 0.2) is 21.4 Å². The first kappa shape index (κ1) is 10.5. The third-order valence-electron chi connectivity index (χ3n) is 1.88. The fourth-order valence-corrected chi connectivity index (χ4v) is 2.35. The lowest BCUT2D eigenvalue weighted by Gasteiger charge is -1.92. The number of carbonyl (C=O) groups is 1. The zero-order valence-electron chi connectivity index (χ0n) is 7.98. The molecule has 78 valence electrons. The number of aryl methyl sites for hydroxylation is 1. The van der Waals surface area contributed by atoms with Gasteiger partial charge in [0.05, 0.1) is 22.1 Å². The number of aromatic nitrogens is 3. The highest BCUT2D eigenvalue weighted by molar-refractivity contribution is 9.11. The van der Waals surface area contributed by atoms with Gasteiger partial charge >= 0.3 is 0 Å². The summed E-state index contributed by atoms with van der Waals surface area (Å²) in [6.45, 7) is 0. The van der Waals surface area contributed by atoms with E-state index in [1.54, 1.807) is 13.2 Å². The number of hydrogen-bond donors (Lipinski definition) is 0. The van der Waals surface area contributed by atoms with Crippen LogP contribution in [-0.4, -0.2) is 20.8 Å². The number of hydrogen-bond acceptors (Lipinski definition) is 4. The van der Waals surface area contributed by atoms with Crippen molar-refractivity contribution in [3.63, 3.8) is 0 Å². The summed E-state index contributed by atoms with van der Waals surface area (Å²) in [5.41, 5.74) is 1.42. The first-order chi connectivity index (χ1) is 7.15. The molecule has 2 aromatic heterocycles. The molecule has 0 saturated carbocycles. The number of halogens is 1. The molecule has 0 radical (unpaired) electrons. The summed E-state index contributed by atoms with van der Waals surface area (Å²) < 4.78 is 0.963. The van der Waals surface area contributed by atoms with E-state index in [4.69, 9.17) is 0 Å². The Kier molecular flexibility index (Phi) is 2.97. The molecule has 0 atom stereocenters. The normalized spacial score (nSPS) is 10.5. The van der Waals surface area contributed by atoms with Gasteiger partial charge in [0.25, 0.3) is 0 Å². The van der Waals surface area contributed by atoms with Crippen LogP contribution in [0.25, 0.3) is 0 Å². The summed E-state index contributed by atoms with van der Waals surface area (Å²) in [5, 5.41) is 9.81. The Balaban J connectivity index is 2.10.